The molecule has 3 heterocycles. The Morgan fingerprint density at radius 3 is 2.58 bits per heavy atom. The number of fused-ring (bicyclic) bond motifs is 1. The summed E-state index contributed by atoms with van der Waals surface area (Å²) in [6.45, 7) is 4.13. The van der Waals surface area contributed by atoms with Crippen molar-refractivity contribution in [2.45, 2.75) is 25.3 Å². The summed E-state index contributed by atoms with van der Waals surface area (Å²) in [5.74, 6) is 1.51. The number of nitrogens with one attached hydrogen (secondary N) is 1. The van der Waals surface area contributed by atoms with Crippen LogP contribution in [0.4, 0.5) is 10.5 Å². The van der Waals surface area contributed by atoms with E-state index in [2.05, 4.69) is 10.2 Å². The molecule has 2 fully saturated rings. The highest BCUT2D eigenvalue weighted by Crippen LogP contribution is 2.32. The predicted molar refractivity (Wildman–Crippen MR) is 101 cm³/mol. The molecule has 3 aliphatic heterocycles. The first-order valence-corrected chi connectivity index (χ1v) is 9.50. The van der Waals surface area contributed by atoms with Crippen molar-refractivity contribution in [2.75, 3.05) is 44.8 Å². The smallest absolute Gasteiger partial charge is 0.410 e. The van der Waals surface area contributed by atoms with E-state index >= 15 is 0 Å². The number of benzene rings is 1. The van der Waals surface area contributed by atoms with Gasteiger partial charge in [-0.3, -0.25) is 0 Å². The predicted octanol–water partition coefficient (Wildman–Crippen LogP) is 2.46. The van der Waals surface area contributed by atoms with E-state index in [1.54, 1.807) is 0 Å². The Bertz CT molecular complexity index is 691. The standard InChI is InChI=1S/C18H23N3O4S/c22-18-21(6-1-9-25-18)14-4-7-20(8-5-14)17(26)19-13-2-3-15-16(12-13)24-11-10-23-15/h2-3,12,14H,1,4-11H2,(H,19,26). The molecule has 1 aromatic carbocycles. The highest BCUT2D eigenvalue weighted by molar-refractivity contribution is 7.80. The number of hydrogen-bond donors (Lipinski definition) is 1. The second kappa shape index (κ2) is 7.57. The number of anilines is 1. The van der Waals surface area contributed by atoms with Crippen molar-refractivity contribution in [1.29, 1.82) is 0 Å². The SMILES string of the molecule is O=C1OCCCN1C1CCN(C(=S)Nc2ccc3c(c2)OCCO3)CC1. The van der Waals surface area contributed by atoms with E-state index in [1.165, 1.54) is 0 Å². The molecule has 0 spiro atoms. The van der Waals surface area contributed by atoms with Crippen LogP contribution < -0.4 is 14.8 Å². The van der Waals surface area contributed by atoms with Crippen molar-refractivity contribution < 1.29 is 19.0 Å². The van der Waals surface area contributed by atoms with Gasteiger partial charge in [-0.25, -0.2) is 4.79 Å². The minimum Gasteiger partial charge on any atom is -0.486 e. The maximum Gasteiger partial charge on any atom is 0.410 e. The quantitative estimate of drug-likeness (QED) is 0.795. The second-order valence-corrected chi connectivity index (χ2v) is 7.05. The molecule has 1 amide bonds. The average Bonchev–Trinajstić information content (AvgIpc) is 2.68. The summed E-state index contributed by atoms with van der Waals surface area (Å²) in [6, 6.07) is 6.00. The molecule has 0 unspecified atom stereocenters. The van der Waals surface area contributed by atoms with Crippen LogP contribution in [0.1, 0.15) is 19.3 Å². The third-order valence-electron chi connectivity index (χ3n) is 4.99. The van der Waals surface area contributed by atoms with Gasteiger partial charge in [0.1, 0.15) is 13.2 Å². The fourth-order valence-corrected chi connectivity index (χ4v) is 3.90. The summed E-state index contributed by atoms with van der Waals surface area (Å²) < 4.78 is 16.3. The molecule has 1 N–H and O–H groups in total. The van der Waals surface area contributed by atoms with Gasteiger partial charge in [0.05, 0.1) is 6.61 Å². The Labute approximate surface area is 158 Å². The number of nitrogens with zero attached hydrogens (tertiary/aromatic N) is 2. The van der Waals surface area contributed by atoms with E-state index in [9.17, 15) is 4.79 Å². The van der Waals surface area contributed by atoms with E-state index in [4.69, 9.17) is 26.4 Å². The van der Waals surface area contributed by atoms with Crippen molar-refractivity contribution in [3.05, 3.63) is 18.2 Å². The van der Waals surface area contributed by atoms with E-state index in [-0.39, 0.29) is 12.1 Å². The van der Waals surface area contributed by atoms with Crippen molar-refractivity contribution in [3.63, 3.8) is 0 Å². The number of cyclic esters (lactones) is 1. The molecule has 4 rings (SSSR count). The van der Waals surface area contributed by atoms with Gasteiger partial charge >= 0.3 is 6.09 Å². The number of ether oxygens (including phenoxy) is 3. The van der Waals surface area contributed by atoms with Crippen LogP contribution in [-0.2, 0) is 4.74 Å². The van der Waals surface area contributed by atoms with Crippen LogP contribution in [0.5, 0.6) is 11.5 Å². The lowest BCUT2D eigenvalue weighted by Gasteiger charge is -2.40. The van der Waals surface area contributed by atoms with Crippen LogP contribution in [0.25, 0.3) is 0 Å². The third kappa shape index (κ3) is 3.65. The normalized spacial score (nSPS) is 20.5. The fraction of sp³-hybridized carbons (Fsp3) is 0.556. The Kier molecular flexibility index (Phi) is 5.01. The summed E-state index contributed by atoms with van der Waals surface area (Å²) >= 11 is 5.57. The van der Waals surface area contributed by atoms with Gasteiger partial charge in [0.2, 0.25) is 0 Å². The number of thiocarbonyl (C=S) groups is 1. The summed E-state index contributed by atoms with van der Waals surface area (Å²) in [4.78, 5) is 15.9. The van der Waals surface area contributed by atoms with Gasteiger partial charge in [0, 0.05) is 37.4 Å². The van der Waals surface area contributed by atoms with Crippen molar-refractivity contribution in [3.8, 4) is 11.5 Å². The van der Waals surface area contributed by atoms with Crippen LogP contribution in [0, 0.1) is 0 Å². The van der Waals surface area contributed by atoms with E-state index in [1.807, 2.05) is 23.1 Å². The summed E-state index contributed by atoms with van der Waals surface area (Å²) in [5, 5.41) is 3.98. The summed E-state index contributed by atoms with van der Waals surface area (Å²) in [7, 11) is 0. The van der Waals surface area contributed by atoms with Crippen LogP contribution in [0.15, 0.2) is 18.2 Å². The zero-order valence-corrected chi connectivity index (χ0v) is 15.4. The largest absolute Gasteiger partial charge is 0.486 e. The molecular weight excluding hydrogens is 354 g/mol. The maximum atomic E-state index is 11.9. The molecule has 2 saturated heterocycles. The van der Waals surface area contributed by atoms with Crippen molar-refractivity contribution in [1.82, 2.24) is 9.80 Å². The number of hydrogen-bond acceptors (Lipinski definition) is 5. The molecular formula is C18H23N3O4S. The van der Waals surface area contributed by atoms with Crippen molar-refractivity contribution in [2.24, 2.45) is 0 Å². The van der Waals surface area contributed by atoms with Crippen LogP contribution in [-0.4, -0.2) is 66.5 Å². The van der Waals surface area contributed by atoms with E-state index in [0.717, 1.165) is 56.1 Å². The number of piperidine rings is 1. The van der Waals surface area contributed by atoms with Crippen LogP contribution in [0.2, 0.25) is 0 Å². The first kappa shape index (κ1) is 17.2. The molecule has 0 bridgehead atoms. The number of carbonyl (C=O) groups excluding carboxylic acids is 1. The highest BCUT2D eigenvalue weighted by atomic mass is 32.1. The molecule has 0 aliphatic carbocycles. The Morgan fingerprint density at radius 1 is 1.04 bits per heavy atom. The highest BCUT2D eigenvalue weighted by Gasteiger charge is 2.31. The molecule has 3 aliphatic rings. The number of amides is 1. The molecule has 8 heteroatoms. The minimum atomic E-state index is -0.174. The fourth-order valence-electron chi connectivity index (χ4n) is 3.60. The first-order valence-electron chi connectivity index (χ1n) is 9.10. The Balaban J connectivity index is 1.31. The van der Waals surface area contributed by atoms with Gasteiger partial charge in [-0.2, -0.15) is 0 Å². The second-order valence-electron chi connectivity index (χ2n) is 6.67. The molecule has 0 atom stereocenters. The molecule has 26 heavy (non-hydrogen) atoms. The van der Waals surface area contributed by atoms with Gasteiger partial charge in [-0.1, -0.05) is 0 Å². The van der Waals surface area contributed by atoms with Gasteiger partial charge in [0.15, 0.2) is 16.6 Å². The minimum absolute atomic E-state index is 0.174. The van der Waals surface area contributed by atoms with Gasteiger partial charge < -0.3 is 29.3 Å². The zero-order chi connectivity index (χ0) is 17.9. The summed E-state index contributed by atoms with van der Waals surface area (Å²) in [6.07, 6.45) is 2.54. The van der Waals surface area contributed by atoms with E-state index in [0.29, 0.717) is 24.9 Å². The Morgan fingerprint density at radius 2 is 1.81 bits per heavy atom. The molecule has 1 aromatic rings. The first-order chi connectivity index (χ1) is 12.7. The molecule has 140 valence electrons. The number of likely N-dealkylation sites (tertiary alicyclic amines) is 1. The maximum absolute atomic E-state index is 11.9. The topological polar surface area (TPSA) is 63.3 Å². The third-order valence-corrected chi connectivity index (χ3v) is 5.35. The van der Waals surface area contributed by atoms with Gasteiger partial charge in [-0.05, 0) is 43.6 Å². The van der Waals surface area contributed by atoms with Crippen LogP contribution >= 0.6 is 12.2 Å². The molecule has 7 nitrogen and oxygen atoms in total. The number of carbonyl (C=O) groups is 1. The lowest BCUT2D eigenvalue weighted by atomic mass is 10.0. The van der Waals surface area contributed by atoms with Crippen molar-refractivity contribution >= 4 is 29.1 Å². The summed E-state index contributed by atoms with van der Waals surface area (Å²) in [5.41, 5.74) is 0.890. The lowest BCUT2D eigenvalue weighted by molar-refractivity contribution is 0.0435. The lowest BCUT2D eigenvalue weighted by Crippen LogP contribution is -2.51. The Hall–Kier alpha value is -2.22. The number of rotatable bonds is 2. The molecule has 0 saturated carbocycles. The van der Waals surface area contributed by atoms with Gasteiger partial charge in [-0.15, -0.1) is 0 Å². The van der Waals surface area contributed by atoms with Gasteiger partial charge in [0.25, 0.3) is 0 Å². The van der Waals surface area contributed by atoms with Crippen LogP contribution in [0.3, 0.4) is 0 Å². The zero-order valence-electron chi connectivity index (χ0n) is 14.6. The monoisotopic (exact) mass is 377 g/mol. The average molecular weight is 377 g/mol. The van der Waals surface area contributed by atoms with E-state index < -0.39 is 0 Å². The molecule has 0 aromatic heterocycles. The molecule has 0 radical (unpaired) electrons.